The van der Waals surface area contributed by atoms with Gasteiger partial charge in [0.1, 0.15) is 5.69 Å². The Bertz CT molecular complexity index is 676. The number of benzene rings is 1. The van der Waals surface area contributed by atoms with Gasteiger partial charge in [-0.25, -0.2) is 0 Å². The first-order valence-corrected chi connectivity index (χ1v) is 7.71. The summed E-state index contributed by atoms with van der Waals surface area (Å²) in [4.78, 5) is 21.7. The van der Waals surface area contributed by atoms with Gasteiger partial charge in [-0.3, -0.25) is 20.0 Å². The second-order valence-corrected chi connectivity index (χ2v) is 5.45. The SMILES string of the molecule is Cl.NC(=NCCN1CCOCC1)NC(=O)c1cc2ccccc2[nH]1. The predicted molar refractivity (Wildman–Crippen MR) is 96.8 cm³/mol. The van der Waals surface area contributed by atoms with E-state index in [1.54, 1.807) is 6.07 Å². The van der Waals surface area contributed by atoms with Gasteiger partial charge in [-0.15, -0.1) is 12.4 Å². The van der Waals surface area contributed by atoms with Crippen LogP contribution in [0.1, 0.15) is 10.5 Å². The van der Waals surface area contributed by atoms with Gasteiger partial charge >= 0.3 is 0 Å². The quantitative estimate of drug-likeness (QED) is 0.565. The number of hydrogen-bond acceptors (Lipinski definition) is 4. The number of nitrogens with one attached hydrogen (secondary N) is 2. The number of ether oxygens (including phenoxy) is 1. The minimum atomic E-state index is -0.283. The van der Waals surface area contributed by atoms with Gasteiger partial charge in [0.05, 0.1) is 19.8 Å². The zero-order valence-corrected chi connectivity index (χ0v) is 14.1. The fourth-order valence-electron chi connectivity index (χ4n) is 2.56. The highest BCUT2D eigenvalue weighted by atomic mass is 35.5. The number of H-pyrrole nitrogens is 1. The molecule has 1 aliphatic rings. The maximum Gasteiger partial charge on any atom is 0.274 e. The summed E-state index contributed by atoms with van der Waals surface area (Å²) in [6, 6.07) is 9.52. The molecule has 130 valence electrons. The summed E-state index contributed by atoms with van der Waals surface area (Å²) >= 11 is 0. The highest BCUT2D eigenvalue weighted by molar-refractivity contribution is 6.06. The van der Waals surface area contributed by atoms with Crippen LogP contribution in [0, 0.1) is 0 Å². The monoisotopic (exact) mass is 351 g/mol. The predicted octanol–water partition coefficient (Wildman–Crippen LogP) is 0.966. The van der Waals surface area contributed by atoms with E-state index in [9.17, 15) is 4.79 Å². The molecule has 2 aromatic rings. The Morgan fingerprint density at radius 3 is 2.83 bits per heavy atom. The minimum Gasteiger partial charge on any atom is -0.379 e. The molecular weight excluding hydrogens is 330 g/mol. The molecule has 7 nitrogen and oxygen atoms in total. The second kappa shape index (κ2) is 8.68. The summed E-state index contributed by atoms with van der Waals surface area (Å²) in [7, 11) is 0. The van der Waals surface area contributed by atoms with E-state index < -0.39 is 0 Å². The molecule has 4 N–H and O–H groups in total. The second-order valence-electron chi connectivity index (χ2n) is 5.45. The number of aromatic nitrogens is 1. The number of aromatic amines is 1. The fraction of sp³-hybridized carbons (Fsp3) is 0.375. The van der Waals surface area contributed by atoms with Crippen molar-refractivity contribution in [1.82, 2.24) is 15.2 Å². The molecular formula is C16H22ClN5O2. The van der Waals surface area contributed by atoms with Gasteiger partial charge in [-0.2, -0.15) is 0 Å². The van der Waals surface area contributed by atoms with Crippen LogP contribution in [0.2, 0.25) is 0 Å². The molecule has 1 aliphatic heterocycles. The molecule has 0 bridgehead atoms. The van der Waals surface area contributed by atoms with Crippen LogP contribution in [0.15, 0.2) is 35.3 Å². The Hall–Kier alpha value is -2.09. The first kappa shape index (κ1) is 18.3. The average molecular weight is 352 g/mol. The molecule has 24 heavy (non-hydrogen) atoms. The van der Waals surface area contributed by atoms with Crippen LogP contribution in [0.25, 0.3) is 10.9 Å². The number of nitrogens with zero attached hydrogens (tertiary/aromatic N) is 2. The van der Waals surface area contributed by atoms with Gasteiger partial charge in [-0.05, 0) is 12.1 Å². The van der Waals surface area contributed by atoms with Crippen molar-refractivity contribution >= 4 is 35.2 Å². The van der Waals surface area contributed by atoms with Crippen LogP contribution < -0.4 is 11.1 Å². The Kier molecular flexibility index (Phi) is 6.60. The van der Waals surface area contributed by atoms with Crippen LogP contribution >= 0.6 is 12.4 Å². The summed E-state index contributed by atoms with van der Waals surface area (Å²) in [6.45, 7) is 4.71. The van der Waals surface area contributed by atoms with Crippen molar-refractivity contribution in [1.29, 1.82) is 0 Å². The number of amides is 1. The lowest BCUT2D eigenvalue weighted by atomic mass is 10.2. The maximum atomic E-state index is 12.2. The van der Waals surface area contributed by atoms with Crippen molar-refractivity contribution in [3.8, 4) is 0 Å². The smallest absolute Gasteiger partial charge is 0.274 e. The summed E-state index contributed by atoms with van der Waals surface area (Å²) in [5.74, 6) is -0.143. The lowest BCUT2D eigenvalue weighted by Gasteiger charge is -2.25. The fourth-order valence-corrected chi connectivity index (χ4v) is 2.56. The Balaban J connectivity index is 0.00000208. The molecule has 0 unspecified atom stereocenters. The number of para-hydroxylation sites is 1. The Labute approximate surface area is 146 Å². The van der Waals surface area contributed by atoms with Crippen LogP contribution in [0.5, 0.6) is 0 Å². The summed E-state index contributed by atoms with van der Waals surface area (Å²) in [6.07, 6.45) is 0. The molecule has 0 atom stereocenters. The van der Waals surface area contributed by atoms with E-state index in [2.05, 4.69) is 20.2 Å². The number of nitrogens with two attached hydrogens (primary N) is 1. The first-order valence-electron chi connectivity index (χ1n) is 7.71. The van der Waals surface area contributed by atoms with E-state index in [-0.39, 0.29) is 24.3 Å². The Morgan fingerprint density at radius 2 is 2.08 bits per heavy atom. The van der Waals surface area contributed by atoms with Crippen molar-refractivity contribution in [3.63, 3.8) is 0 Å². The van der Waals surface area contributed by atoms with Crippen LogP contribution in [0.4, 0.5) is 0 Å². The number of carbonyl (C=O) groups excluding carboxylic acids is 1. The van der Waals surface area contributed by atoms with Crippen molar-refractivity contribution in [2.24, 2.45) is 10.7 Å². The van der Waals surface area contributed by atoms with E-state index >= 15 is 0 Å². The molecule has 1 aromatic heterocycles. The molecule has 0 spiro atoms. The molecule has 1 amide bonds. The van der Waals surface area contributed by atoms with E-state index in [0.717, 1.165) is 43.8 Å². The number of aliphatic imine (C=N–C) groups is 1. The molecule has 0 radical (unpaired) electrons. The number of hydrogen-bond donors (Lipinski definition) is 3. The third-order valence-corrected chi connectivity index (χ3v) is 3.82. The highest BCUT2D eigenvalue weighted by Gasteiger charge is 2.11. The molecule has 1 saturated heterocycles. The van der Waals surface area contributed by atoms with Gasteiger partial charge in [-0.1, -0.05) is 18.2 Å². The van der Waals surface area contributed by atoms with Crippen molar-refractivity contribution in [2.45, 2.75) is 0 Å². The first-order chi connectivity index (χ1) is 11.2. The van der Waals surface area contributed by atoms with Crippen molar-refractivity contribution < 1.29 is 9.53 Å². The van der Waals surface area contributed by atoms with Crippen molar-refractivity contribution in [3.05, 3.63) is 36.0 Å². The average Bonchev–Trinajstić information content (AvgIpc) is 3.00. The third-order valence-electron chi connectivity index (χ3n) is 3.82. The van der Waals surface area contributed by atoms with E-state index in [0.29, 0.717) is 12.2 Å². The van der Waals surface area contributed by atoms with Crippen LogP contribution in [0.3, 0.4) is 0 Å². The normalized spacial score (nSPS) is 15.9. The number of carbonyl (C=O) groups is 1. The van der Waals surface area contributed by atoms with Gasteiger partial charge < -0.3 is 15.5 Å². The van der Waals surface area contributed by atoms with Gasteiger partial charge in [0, 0.05) is 30.5 Å². The number of guanidine groups is 1. The van der Waals surface area contributed by atoms with Gasteiger partial charge in [0.2, 0.25) is 0 Å². The minimum absolute atomic E-state index is 0. The third kappa shape index (κ3) is 4.70. The lowest BCUT2D eigenvalue weighted by molar-refractivity contribution is 0.0394. The number of rotatable bonds is 4. The van der Waals surface area contributed by atoms with Crippen molar-refractivity contribution in [2.75, 3.05) is 39.4 Å². The zero-order chi connectivity index (χ0) is 16.1. The maximum absolute atomic E-state index is 12.2. The summed E-state index contributed by atoms with van der Waals surface area (Å²) < 4.78 is 5.29. The van der Waals surface area contributed by atoms with Crippen LogP contribution in [-0.2, 0) is 4.74 Å². The van der Waals surface area contributed by atoms with Gasteiger partial charge in [0.15, 0.2) is 5.96 Å². The largest absolute Gasteiger partial charge is 0.379 e. The molecule has 1 aromatic carbocycles. The van der Waals surface area contributed by atoms with E-state index in [1.807, 2.05) is 24.3 Å². The molecule has 1 fully saturated rings. The zero-order valence-electron chi connectivity index (χ0n) is 13.3. The highest BCUT2D eigenvalue weighted by Crippen LogP contribution is 2.14. The summed E-state index contributed by atoms with van der Waals surface area (Å²) in [5.41, 5.74) is 7.17. The molecule has 0 saturated carbocycles. The summed E-state index contributed by atoms with van der Waals surface area (Å²) in [5, 5.41) is 3.60. The van der Waals surface area contributed by atoms with E-state index in [4.69, 9.17) is 10.5 Å². The van der Waals surface area contributed by atoms with Gasteiger partial charge in [0.25, 0.3) is 5.91 Å². The van der Waals surface area contributed by atoms with Crippen LogP contribution in [-0.4, -0.2) is 61.1 Å². The Morgan fingerprint density at radius 1 is 1.33 bits per heavy atom. The topological polar surface area (TPSA) is 95.7 Å². The molecule has 3 rings (SSSR count). The number of halogens is 1. The molecule has 8 heteroatoms. The number of fused-ring (bicyclic) bond motifs is 1. The lowest BCUT2D eigenvalue weighted by Crippen LogP contribution is -2.39. The van der Waals surface area contributed by atoms with E-state index in [1.165, 1.54) is 0 Å². The molecule has 0 aliphatic carbocycles. The standard InChI is InChI=1S/C16H21N5O2.ClH/c17-16(18-5-6-21-7-9-23-10-8-21)20-15(22)14-11-12-3-1-2-4-13(12)19-14;/h1-4,11,19H,5-10H2,(H3,17,18,20,22);1H. The number of morpholine rings is 1. The molecule has 2 heterocycles.